The van der Waals surface area contributed by atoms with Gasteiger partial charge in [0.15, 0.2) is 5.78 Å². The van der Waals surface area contributed by atoms with Crippen LogP contribution in [0.2, 0.25) is 0 Å². The third-order valence-electron chi connectivity index (χ3n) is 6.73. The molecule has 0 amide bonds. The van der Waals surface area contributed by atoms with Crippen molar-refractivity contribution in [2.24, 2.45) is 0 Å². The number of allylic oxidation sites excluding steroid dienone is 3. The van der Waals surface area contributed by atoms with E-state index in [4.69, 9.17) is 9.47 Å². The molecule has 3 aromatic rings. The lowest BCUT2D eigenvalue weighted by atomic mass is 9.72. The molecule has 2 heterocycles. The van der Waals surface area contributed by atoms with Crippen LogP contribution in [0.4, 0.5) is 4.39 Å². The van der Waals surface area contributed by atoms with Crippen LogP contribution in [0.15, 0.2) is 88.6 Å². The fourth-order valence-corrected chi connectivity index (χ4v) is 5.80. The van der Waals surface area contributed by atoms with E-state index in [0.717, 1.165) is 11.3 Å². The van der Waals surface area contributed by atoms with Crippen molar-refractivity contribution in [1.82, 2.24) is 5.32 Å². The third-order valence-corrected chi connectivity index (χ3v) is 7.76. The lowest BCUT2D eigenvalue weighted by molar-refractivity contribution is -0.140. The number of esters is 1. The smallest absolute Gasteiger partial charge is 0.337 e. The van der Waals surface area contributed by atoms with E-state index in [1.807, 2.05) is 30.5 Å². The van der Waals surface area contributed by atoms with Crippen molar-refractivity contribution in [3.8, 4) is 5.75 Å². The highest BCUT2D eigenvalue weighted by atomic mass is 32.1. The quantitative estimate of drug-likeness (QED) is 0.418. The molecular weight excluding hydrogens is 477 g/mol. The Hall–Kier alpha value is -3.71. The molecule has 0 saturated heterocycles. The van der Waals surface area contributed by atoms with E-state index in [1.54, 1.807) is 42.7 Å². The van der Waals surface area contributed by atoms with Crippen molar-refractivity contribution in [3.63, 3.8) is 0 Å². The van der Waals surface area contributed by atoms with Gasteiger partial charge in [-0.25, -0.2) is 9.18 Å². The van der Waals surface area contributed by atoms with E-state index < -0.39 is 11.9 Å². The van der Waals surface area contributed by atoms with E-state index in [9.17, 15) is 14.0 Å². The van der Waals surface area contributed by atoms with E-state index in [0.29, 0.717) is 41.0 Å². The predicted molar refractivity (Wildman–Crippen MR) is 136 cm³/mol. The molecule has 184 valence electrons. The van der Waals surface area contributed by atoms with Crippen LogP contribution in [0.5, 0.6) is 5.75 Å². The summed E-state index contributed by atoms with van der Waals surface area (Å²) in [5.74, 6) is -0.711. The van der Waals surface area contributed by atoms with Gasteiger partial charge in [-0.05, 0) is 60.2 Å². The SMILES string of the molecule is COc1ccc(COC(=O)C2=C(C)NC3=C(C(=O)C[C@@H](c4cccs4)C3)[C@@H]2c2ccc(F)cc2)cc1. The highest BCUT2D eigenvalue weighted by Gasteiger charge is 2.41. The van der Waals surface area contributed by atoms with Crippen LogP contribution in [-0.2, 0) is 20.9 Å². The van der Waals surface area contributed by atoms with Gasteiger partial charge in [0.2, 0.25) is 0 Å². The summed E-state index contributed by atoms with van der Waals surface area (Å²) in [6.45, 7) is 1.90. The van der Waals surface area contributed by atoms with Crippen molar-refractivity contribution in [2.45, 2.75) is 38.2 Å². The topological polar surface area (TPSA) is 64.6 Å². The molecule has 0 fully saturated rings. The monoisotopic (exact) mass is 503 g/mol. The average molecular weight is 504 g/mol. The third kappa shape index (κ3) is 4.71. The molecular formula is C29H26FNO4S. The molecule has 7 heteroatoms. The number of thiophene rings is 1. The van der Waals surface area contributed by atoms with Crippen LogP contribution < -0.4 is 10.1 Å². The van der Waals surface area contributed by atoms with Gasteiger partial charge >= 0.3 is 5.97 Å². The Bertz CT molecular complexity index is 1340. The van der Waals surface area contributed by atoms with Crippen LogP contribution in [0.3, 0.4) is 0 Å². The average Bonchev–Trinajstić information content (AvgIpc) is 3.42. The number of ether oxygens (including phenoxy) is 2. The van der Waals surface area contributed by atoms with Gasteiger partial charge in [0.25, 0.3) is 0 Å². The van der Waals surface area contributed by atoms with Crippen molar-refractivity contribution < 1.29 is 23.5 Å². The summed E-state index contributed by atoms with van der Waals surface area (Å²) in [6, 6.07) is 17.3. The summed E-state index contributed by atoms with van der Waals surface area (Å²) in [6.07, 6.45) is 1.04. The summed E-state index contributed by atoms with van der Waals surface area (Å²) < 4.78 is 24.6. The fourth-order valence-electron chi connectivity index (χ4n) is 4.97. The van der Waals surface area contributed by atoms with E-state index >= 15 is 0 Å². The van der Waals surface area contributed by atoms with Crippen molar-refractivity contribution >= 4 is 23.1 Å². The molecule has 0 spiro atoms. The minimum atomic E-state index is -0.623. The van der Waals surface area contributed by atoms with E-state index in [2.05, 4.69) is 11.4 Å². The maximum atomic E-state index is 13.8. The Balaban J connectivity index is 1.47. The molecule has 2 atom stereocenters. The molecule has 0 unspecified atom stereocenters. The number of halogens is 1. The number of hydrogen-bond donors (Lipinski definition) is 1. The summed E-state index contributed by atoms with van der Waals surface area (Å²) in [5, 5.41) is 5.36. The maximum Gasteiger partial charge on any atom is 0.337 e. The van der Waals surface area contributed by atoms with Gasteiger partial charge < -0.3 is 14.8 Å². The molecule has 36 heavy (non-hydrogen) atoms. The Labute approximate surface area is 213 Å². The first-order valence-corrected chi connectivity index (χ1v) is 12.7. The molecule has 1 N–H and O–H groups in total. The fraction of sp³-hybridized carbons (Fsp3) is 0.241. The molecule has 2 aromatic carbocycles. The standard InChI is InChI=1S/C29H26FNO4S/c1-17-26(29(33)35-16-18-5-11-22(34-2)12-6-18)27(19-7-9-21(30)10-8-19)28-23(31-17)14-20(15-24(28)32)25-4-3-13-36-25/h3-13,20,27,31H,14-16H2,1-2H3/t20-,27+/m0/s1. The Morgan fingerprint density at radius 2 is 1.83 bits per heavy atom. The predicted octanol–water partition coefficient (Wildman–Crippen LogP) is 6.00. The number of dihydropyridines is 1. The first kappa shape index (κ1) is 24.0. The Morgan fingerprint density at radius 1 is 1.08 bits per heavy atom. The second-order valence-corrected chi connectivity index (χ2v) is 9.99. The second kappa shape index (κ2) is 10.1. The normalized spacial score (nSPS) is 19.6. The molecule has 2 aliphatic rings. The van der Waals surface area contributed by atoms with Gasteiger partial charge in [0, 0.05) is 40.1 Å². The van der Waals surface area contributed by atoms with E-state index in [-0.39, 0.29) is 24.1 Å². The number of carbonyl (C=O) groups excluding carboxylic acids is 2. The number of benzene rings is 2. The molecule has 1 aliphatic heterocycles. The zero-order valence-corrected chi connectivity index (χ0v) is 20.9. The first-order valence-electron chi connectivity index (χ1n) is 11.8. The number of ketones is 1. The van der Waals surface area contributed by atoms with Gasteiger partial charge in [0.1, 0.15) is 18.2 Å². The van der Waals surface area contributed by atoms with Crippen LogP contribution >= 0.6 is 11.3 Å². The minimum absolute atomic E-state index is 0.00979. The number of nitrogens with one attached hydrogen (secondary N) is 1. The molecule has 1 aromatic heterocycles. The summed E-state index contributed by atoms with van der Waals surface area (Å²) in [4.78, 5) is 28.2. The van der Waals surface area contributed by atoms with Crippen LogP contribution in [0.1, 0.15) is 47.6 Å². The number of rotatable bonds is 6. The maximum absolute atomic E-state index is 13.8. The van der Waals surface area contributed by atoms with Crippen molar-refractivity contribution in [3.05, 3.63) is 110 Å². The summed E-state index contributed by atoms with van der Waals surface area (Å²) in [5.41, 5.74) is 3.90. The Morgan fingerprint density at radius 3 is 2.50 bits per heavy atom. The zero-order chi connectivity index (χ0) is 25.2. The summed E-state index contributed by atoms with van der Waals surface area (Å²) >= 11 is 1.64. The number of carbonyl (C=O) groups is 2. The Kier molecular flexibility index (Phi) is 6.74. The van der Waals surface area contributed by atoms with Crippen molar-refractivity contribution in [2.75, 3.05) is 7.11 Å². The molecule has 0 bridgehead atoms. The molecule has 0 saturated carbocycles. The van der Waals surface area contributed by atoms with Gasteiger partial charge in [-0.1, -0.05) is 30.3 Å². The lowest BCUT2D eigenvalue weighted by Crippen LogP contribution is -2.36. The highest BCUT2D eigenvalue weighted by molar-refractivity contribution is 7.10. The van der Waals surface area contributed by atoms with E-state index in [1.165, 1.54) is 17.0 Å². The molecule has 5 rings (SSSR count). The number of hydrogen-bond acceptors (Lipinski definition) is 6. The zero-order valence-electron chi connectivity index (χ0n) is 20.0. The van der Waals surface area contributed by atoms with Crippen LogP contribution in [-0.4, -0.2) is 18.9 Å². The van der Waals surface area contributed by atoms with Gasteiger partial charge in [-0.15, -0.1) is 11.3 Å². The van der Waals surface area contributed by atoms with Crippen molar-refractivity contribution in [1.29, 1.82) is 0 Å². The number of methoxy groups -OCH3 is 1. The number of Topliss-reactive ketones (excluding diaryl/α,β-unsaturated/α-hetero) is 1. The molecule has 1 aliphatic carbocycles. The first-order chi connectivity index (χ1) is 17.4. The van der Waals surface area contributed by atoms with Crippen LogP contribution in [0, 0.1) is 5.82 Å². The summed E-state index contributed by atoms with van der Waals surface area (Å²) in [7, 11) is 1.59. The van der Waals surface area contributed by atoms with Crippen LogP contribution in [0.25, 0.3) is 0 Å². The largest absolute Gasteiger partial charge is 0.497 e. The molecule has 5 nitrogen and oxygen atoms in total. The molecule has 0 radical (unpaired) electrons. The highest BCUT2D eigenvalue weighted by Crippen LogP contribution is 2.46. The van der Waals surface area contributed by atoms with Gasteiger partial charge in [0.05, 0.1) is 12.7 Å². The lowest BCUT2D eigenvalue weighted by Gasteiger charge is -2.36. The van der Waals surface area contributed by atoms with Gasteiger partial charge in [-0.2, -0.15) is 0 Å². The second-order valence-electron chi connectivity index (χ2n) is 9.01. The van der Waals surface area contributed by atoms with Gasteiger partial charge in [-0.3, -0.25) is 4.79 Å². The minimum Gasteiger partial charge on any atom is -0.497 e.